The summed E-state index contributed by atoms with van der Waals surface area (Å²) in [5.74, 6) is 1.86. The van der Waals surface area contributed by atoms with E-state index in [0.717, 1.165) is 70.7 Å². The van der Waals surface area contributed by atoms with Crippen molar-refractivity contribution in [3.63, 3.8) is 0 Å². The smallest absolute Gasteiger partial charge is 0.194 e. The third-order valence-corrected chi connectivity index (χ3v) is 6.01. The van der Waals surface area contributed by atoms with Gasteiger partial charge in [0.15, 0.2) is 5.96 Å². The van der Waals surface area contributed by atoms with Gasteiger partial charge in [-0.1, -0.05) is 18.2 Å². The number of nitrogens with one attached hydrogen (secondary N) is 1. The van der Waals surface area contributed by atoms with Gasteiger partial charge in [-0.2, -0.15) is 0 Å². The monoisotopic (exact) mass is 423 g/mol. The molecule has 31 heavy (non-hydrogen) atoms. The highest BCUT2D eigenvalue weighted by Gasteiger charge is 2.20. The maximum atomic E-state index is 5.51. The van der Waals surface area contributed by atoms with Crippen molar-refractivity contribution in [1.82, 2.24) is 10.2 Å². The van der Waals surface area contributed by atoms with Crippen LogP contribution in [0.5, 0.6) is 5.75 Å². The van der Waals surface area contributed by atoms with Crippen molar-refractivity contribution >= 4 is 17.3 Å². The van der Waals surface area contributed by atoms with E-state index in [2.05, 4.69) is 61.4 Å². The molecule has 1 N–H and O–H groups in total. The lowest BCUT2D eigenvalue weighted by Gasteiger charge is -2.38. The normalized spacial score (nSPS) is 17.6. The number of para-hydroxylation sites is 1. The number of benzene rings is 2. The van der Waals surface area contributed by atoms with Crippen molar-refractivity contribution in [3.05, 3.63) is 54.1 Å². The van der Waals surface area contributed by atoms with Crippen LogP contribution in [0.1, 0.15) is 5.56 Å². The Kier molecular flexibility index (Phi) is 7.14. The van der Waals surface area contributed by atoms with Crippen LogP contribution in [0.25, 0.3) is 0 Å². The van der Waals surface area contributed by atoms with Crippen molar-refractivity contribution in [3.8, 4) is 5.75 Å². The quantitative estimate of drug-likeness (QED) is 0.589. The topological polar surface area (TPSA) is 52.6 Å². The van der Waals surface area contributed by atoms with Gasteiger partial charge in [0.25, 0.3) is 0 Å². The molecule has 7 heteroatoms. The number of nitrogens with zero attached hydrogens (tertiary/aromatic N) is 4. The molecule has 2 saturated heterocycles. The molecule has 0 bridgehead atoms. The molecule has 0 unspecified atom stereocenters. The molecule has 0 spiro atoms. The van der Waals surface area contributed by atoms with Crippen LogP contribution in [0.15, 0.2) is 53.5 Å². The number of anilines is 2. The Morgan fingerprint density at radius 3 is 2.32 bits per heavy atom. The van der Waals surface area contributed by atoms with Crippen LogP contribution in [-0.2, 0) is 11.3 Å². The van der Waals surface area contributed by atoms with E-state index in [-0.39, 0.29) is 0 Å². The van der Waals surface area contributed by atoms with E-state index in [1.165, 1.54) is 16.9 Å². The highest BCUT2D eigenvalue weighted by Crippen LogP contribution is 2.22. The second kappa shape index (κ2) is 10.4. The highest BCUT2D eigenvalue weighted by atomic mass is 16.5. The van der Waals surface area contributed by atoms with Gasteiger partial charge in [0.05, 0.1) is 20.3 Å². The largest absolute Gasteiger partial charge is 0.497 e. The third kappa shape index (κ3) is 5.22. The number of morpholine rings is 1. The molecular weight excluding hydrogens is 390 g/mol. The molecule has 0 radical (unpaired) electrons. The SMILES string of the molecule is CN=C(NCc1ccccc1N1CCOCC1)N1CCN(c2ccc(OC)cc2)CC1. The van der Waals surface area contributed by atoms with Crippen LogP contribution >= 0.6 is 0 Å². The summed E-state index contributed by atoms with van der Waals surface area (Å²) in [6.45, 7) is 8.06. The Morgan fingerprint density at radius 2 is 1.65 bits per heavy atom. The fourth-order valence-electron chi connectivity index (χ4n) is 4.25. The highest BCUT2D eigenvalue weighted by molar-refractivity contribution is 5.80. The van der Waals surface area contributed by atoms with E-state index in [1.807, 2.05) is 19.2 Å². The van der Waals surface area contributed by atoms with Crippen LogP contribution < -0.4 is 19.9 Å². The summed E-state index contributed by atoms with van der Waals surface area (Å²) in [7, 11) is 3.57. The average molecular weight is 424 g/mol. The molecule has 166 valence electrons. The fraction of sp³-hybridized carbons (Fsp3) is 0.458. The molecule has 7 nitrogen and oxygen atoms in total. The van der Waals surface area contributed by atoms with Crippen LogP contribution in [0.4, 0.5) is 11.4 Å². The predicted molar refractivity (Wildman–Crippen MR) is 126 cm³/mol. The third-order valence-electron chi connectivity index (χ3n) is 6.01. The Hall–Kier alpha value is -2.93. The van der Waals surface area contributed by atoms with E-state index < -0.39 is 0 Å². The maximum absolute atomic E-state index is 5.51. The Bertz CT molecular complexity index is 857. The summed E-state index contributed by atoms with van der Waals surface area (Å²) in [4.78, 5) is 11.7. The average Bonchev–Trinajstić information content (AvgIpc) is 2.86. The summed E-state index contributed by atoms with van der Waals surface area (Å²) in [6.07, 6.45) is 0. The summed E-state index contributed by atoms with van der Waals surface area (Å²) in [5, 5.41) is 3.59. The number of hydrogen-bond donors (Lipinski definition) is 1. The number of piperazine rings is 1. The summed E-state index contributed by atoms with van der Waals surface area (Å²) in [6, 6.07) is 16.9. The van der Waals surface area contributed by atoms with E-state index in [9.17, 15) is 0 Å². The minimum atomic E-state index is 0.763. The van der Waals surface area contributed by atoms with Crippen molar-refractivity contribution in [1.29, 1.82) is 0 Å². The number of guanidine groups is 1. The summed E-state index contributed by atoms with van der Waals surface area (Å²) >= 11 is 0. The van der Waals surface area contributed by atoms with Gasteiger partial charge in [-0.15, -0.1) is 0 Å². The molecule has 0 aromatic heterocycles. The minimum absolute atomic E-state index is 0.763. The van der Waals surface area contributed by atoms with Crippen LogP contribution in [-0.4, -0.2) is 77.5 Å². The summed E-state index contributed by atoms with van der Waals surface area (Å²) < 4.78 is 10.8. The molecule has 2 aliphatic heterocycles. The van der Waals surface area contributed by atoms with Gasteiger partial charge >= 0.3 is 0 Å². The lowest BCUT2D eigenvalue weighted by molar-refractivity contribution is 0.122. The molecule has 2 aromatic rings. The van der Waals surface area contributed by atoms with Gasteiger partial charge in [-0.25, -0.2) is 0 Å². The first-order valence-electron chi connectivity index (χ1n) is 11.0. The molecular formula is C24H33N5O2. The lowest BCUT2D eigenvalue weighted by atomic mass is 10.1. The van der Waals surface area contributed by atoms with E-state index in [1.54, 1.807) is 7.11 Å². The summed E-state index contributed by atoms with van der Waals surface area (Å²) in [5.41, 5.74) is 3.82. The molecule has 2 aliphatic rings. The van der Waals surface area contributed by atoms with Gasteiger partial charge in [0.1, 0.15) is 5.75 Å². The Balaban J connectivity index is 1.33. The first kappa shape index (κ1) is 21.3. The van der Waals surface area contributed by atoms with E-state index in [0.29, 0.717) is 0 Å². The fourth-order valence-corrected chi connectivity index (χ4v) is 4.25. The van der Waals surface area contributed by atoms with Crippen LogP contribution in [0.2, 0.25) is 0 Å². The molecule has 2 aromatic carbocycles. The zero-order valence-electron chi connectivity index (χ0n) is 18.6. The molecule has 0 saturated carbocycles. The van der Waals surface area contributed by atoms with Crippen LogP contribution in [0.3, 0.4) is 0 Å². The van der Waals surface area contributed by atoms with Gasteiger partial charge in [-0.3, -0.25) is 4.99 Å². The standard InChI is InChI=1S/C24H33N5O2/c1-25-24(26-19-20-5-3-4-6-23(20)28-15-17-31-18-16-28)29-13-11-27(12-14-29)21-7-9-22(30-2)10-8-21/h3-10H,11-19H2,1-2H3,(H,25,26). The van der Waals surface area contributed by atoms with Crippen LogP contribution in [0, 0.1) is 0 Å². The number of aliphatic imine (C=N–C) groups is 1. The first-order chi connectivity index (χ1) is 15.3. The van der Waals surface area contributed by atoms with Crippen molar-refractivity contribution in [2.24, 2.45) is 4.99 Å². The maximum Gasteiger partial charge on any atom is 0.194 e. The van der Waals surface area contributed by atoms with Crippen molar-refractivity contribution in [2.45, 2.75) is 6.54 Å². The predicted octanol–water partition coefficient (Wildman–Crippen LogP) is 2.43. The van der Waals surface area contributed by atoms with E-state index in [4.69, 9.17) is 9.47 Å². The zero-order valence-corrected chi connectivity index (χ0v) is 18.6. The lowest BCUT2D eigenvalue weighted by Crippen LogP contribution is -2.52. The number of methoxy groups -OCH3 is 1. The van der Waals surface area contributed by atoms with Gasteiger partial charge < -0.3 is 29.5 Å². The van der Waals surface area contributed by atoms with Crippen molar-refractivity contribution in [2.75, 3.05) is 76.4 Å². The number of rotatable bonds is 5. The molecule has 2 heterocycles. The molecule has 0 atom stereocenters. The molecule has 0 amide bonds. The van der Waals surface area contributed by atoms with Gasteiger partial charge in [-0.05, 0) is 35.9 Å². The van der Waals surface area contributed by atoms with Gasteiger partial charge in [0, 0.05) is 64.2 Å². The number of hydrogen-bond acceptors (Lipinski definition) is 5. The van der Waals surface area contributed by atoms with Gasteiger partial charge in [0.2, 0.25) is 0 Å². The Labute approximate surface area is 185 Å². The second-order valence-corrected chi connectivity index (χ2v) is 7.80. The molecule has 0 aliphatic carbocycles. The first-order valence-corrected chi connectivity index (χ1v) is 11.0. The van der Waals surface area contributed by atoms with E-state index >= 15 is 0 Å². The zero-order chi connectivity index (χ0) is 21.5. The second-order valence-electron chi connectivity index (χ2n) is 7.80. The molecule has 4 rings (SSSR count). The Morgan fingerprint density at radius 1 is 0.935 bits per heavy atom. The molecule has 2 fully saturated rings. The van der Waals surface area contributed by atoms with Crippen molar-refractivity contribution < 1.29 is 9.47 Å². The number of ether oxygens (including phenoxy) is 2. The minimum Gasteiger partial charge on any atom is -0.497 e.